The Balaban J connectivity index is 2.06. The number of hydrogen-bond acceptors (Lipinski definition) is 3. The molecule has 0 bridgehead atoms. The van der Waals surface area contributed by atoms with Gasteiger partial charge in [0, 0.05) is 43.5 Å². The van der Waals surface area contributed by atoms with E-state index in [-0.39, 0.29) is 0 Å². The van der Waals surface area contributed by atoms with Crippen molar-refractivity contribution in [2.45, 2.75) is 26.8 Å². The van der Waals surface area contributed by atoms with Crippen LogP contribution in [0.15, 0.2) is 12.5 Å². The first-order chi connectivity index (χ1) is 6.75. The Labute approximate surface area is 85.2 Å². The highest BCUT2D eigenvalue weighted by Gasteiger charge is 2.17. The van der Waals surface area contributed by atoms with Gasteiger partial charge in [-0.2, -0.15) is 0 Å². The monoisotopic (exact) mass is 191 g/mol. The summed E-state index contributed by atoms with van der Waals surface area (Å²) in [6.07, 6.45) is 4.68. The molecule has 14 heavy (non-hydrogen) atoms. The lowest BCUT2D eigenvalue weighted by Gasteiger charge is -2.28. The van der Waals surface area contributed by atoms with Crippen LogP contribution in [0, 0.1) is 5.92 Å². The molecule has 0 amide bonds. The van der Waals surface area contributed by atoms with Crippen LogP contribution in [0.1, 0.15) is 25.1 Å². The van der Waals surface area contributed by atoms with Gasteiger partial charge in [-0.3, -0.25) is 4.90 Å². The summed E-state index contributed by atoms with van der Waals surface area (Å²) in [5, 5.41) is 0. The van der Waals surface area contributed by atoms with Gasteiger partial charge in [0.2, 0.25) is 0 Å². The first-order valence-corrected chi connectivity index (χ1v) is 5.26. The van der Waals surface area contributed by atoms with Gasteiger partial charge in [0.1, 0.15) is 6.33 Å². The van der Waals surface area contributed by atoms with Crippen LogP contribution in [0.2, 0.25) is 0 Å². The molecule has 3 nitrogen and oxygen atoms in total. The van der Waals surface area contributed by atoms with Crippen LogP contribution in [0.4, 0.5) is 0 Å². The Hall–Kier alpha value is -0.960. The fraction of sp³-hybridized carbons (Fsp3) is 0.636. The van der Waals surface area contributed by atoms with E-state index >= 15 is 0 Å². The van der Waals surface area contributed by atoms with Crippen LogP contribution in [-0.2, 0) is 13.0 Å². The first-order valence-electron chi connectivity index (χ1n) is 5.26. The maximum atomic E-state index is 4.30. The lowest BCUT2D eigenvalue weighted by Crippen LogP contribution is -2.33. The van der Waals surface area contributed by atoms with Crippen LogP contribution in [0.25, 0.3) is 0 Å². The molecule has 0 saturated carbocycles. The van der Waals surface area contributed by atoms with Crippen molar-refractivity contribution in [3.8, 4) is 0 Å². The molecular weight excluding hydrogens is 174 g/mol. The molecule has 0 unspecified atom stereocenters. The summed E-state index contributed by atoms with van der Waals surface area (Å²) in [7, 11) is 0. The number of nitrogens with zero attached hydrogens (tertiary/aromatic N) is 3. The summed E-state index contributed by atoms with van der Waals surface area (Å²) >= 11 is 0. The highest BCUT2D eigenvalue weighted by Crippen LogP contribution is 2.16. The molecule has 2 rings (SSSR count). The standard InChI is InChI=1S/C11H17N3/c1-9(2)6-14-4-3-11-10(7-14)5-12-8-13-11/h5,8-9H,3-4,6-7H2,1-2H3. The number of aromatic nitrogens is 2. The molecule has 0 saturated heterocycles. The maximum Gasteiger partial charge on any atom is 0.115 e. The Morgan fingerprint density at radius 2 is 2.36 bits per heavy atom. The van der Waals surface area contributed by atoms with Crippen molar-refractivity contribution in [3.05, 3.63) is 23.8 Å². The van der Waals surface area contributed by atoms with E-state index in [1.807, 2.05) is 6.20 Å². The van der Waals surface area contributed by atoms with Gasteiger partial charge in [0.05, 0.1) is 0 Å². The largest absolute Gasteiger partial charge is 0.298 e. The molecule has 0 aliphatic carbocycles. The second-order valence-corrected chi connectivity index (χ2v) is 4.37. The van der Waals surface area contributed by atoms with Crippen molar-refractivity contribution >= 4 is 0 Å². The summed E-state index contributed by atoms with van der Waals surface area (Å²) in [6, 6.07) is 0. The molecule has 76 valence electrons. The van der Waals surface area contributed by atoms with Gasteiger partial charge in [-0.05, 0) is 5.92 Å². The van der Waals surface area contributed by atoms with Gasteiger partial charge in [-0.15, -0.1) is 0 Å². The van der Waals surface area contributed by atoms with Gasteiger partial charge in [-0.1, -0.05) is 13.8 Å². The molecule has 0 fully saturated rings. The second-order valence-electron chi connectivity index (χ2n) is 4.37. The lowest BCUT2D eigenvalue weighted by atomic mass is 10.1. The quantitative estimate of drug-likeness (QED) is 0.709. The minimum Gasteiger partial charge on any atom is -0.298 e. The van der Waals surface area contributed by atoms with Crippen molar-refractivity contribution in [2.75, 3.05) is 13.1 Å². The molecule has 1 aliphatic rings. The summed E-state index contributed by atoms with van der Waals surface area (Å²) in [6.45, 7) is 7.86. The number of fused-ring (bicyclic) bond motifs is 1. The van der Waals surface area contributed by atoms with E-state index in [1.54, 1.807) is 6.33 Å². The van der Waals surface area contributed by atoms with E-state index in [0.29, 0.717) is 0 Å². The van der Waals surface area contributed by atoms with E-state index in [1.165, 1.54) is 17.8 Å². The van der Waals surface area contributed by atoms with E-state index in [9.17, 15) is 0 Å². The zero-order valence-electron chi connectivity index (χ0n) is 8.90. The Morgan fingerprint density at radius 3 is 3.14 bits per heavy atom. The SMILES string of the molecule is CC(C)CN1CCc2ncncc2C1. The third-order valence-electron chi connectivity index (χ3n) is 2.56. The molecular formula is C11H17N3. The highest BCUT2D eigenvalue weighted by molar-refractivity contribution is 5.18. The molecule has 1 aromatic rings. The minimum atomic E-state index is 0.737. The molecule has 0 radical (unpaired) electrons. The van der Waals surface area contributed by atoms with Gasteiger partial charge in [0.25, 0.3) is 0 Å². The van der Waals surface area contributed by atoms with E-state index in [4.69, 9.17) is 0 Å². The van der Waals surface area contributed by atoms with Crippen LogP contribution in [0.5, 0.6) is 0 Å². The molecule has 1 aliphatic heterocycles. The zero-order valence-corrected chi connectivity index (χ0v) is 8.90. The van der Waals surface area contributed by atoms with Crippen LogP contribution >= 0.6 is 0 Å². The molecule has 0 aromatic carbocycles. The van der Waals surface area contributed by atoms with Crippen molar-refractivity contribution in [2.24, 2.45) is 5.92 Å². The molecule has 3 heteroatoms. The van der Waals surface area contributed by atoms with Crippen LogP contribution < -0.4 is 0 Å². The van der Waals surface area contributed by atoms with Crippen LogP contribution in [0.3, 0.4) is 0 Å². The van der Waals surface area contributed by atoms with E-state index in [2.05, 4.69) is 28.7 Å². The Kier molecular flexibility index (Phi) is 2.77. The molecule has 2 heterocycles. The van der Waals surface area contributed by atoms with Crippen molar-refractivity contribution in [1.29, 1.82) is 0 Å². The molecule has 0 atom stereocenters. The third-order valence-corrected chi connectivity index (χ3v) is 2.56. The van der Waals surface area contributed by atoms with Gasteiger partial charge in [-0.25, -0.2) is 9.97 Å². The maximum absolute atomic E-state index is 4.30. The normalized spacial score (nSPS) is 17.1. The number of rotatable bonds is 2. The lowest BCUT2D eigenvalue weighted by molar-refractivity contribution is 0.224. The van der Waals surface area contributed by atoms with Crippen molar-refractivity contribution in [3.63, 3.8) is 0 Å². The summed E-state index contributed by atoms with van der Waals surface area (Å²) in [5.74, 6) is 0.737. The highest BCUT2D eigenvalue weighted by atomic mass is 15.1. The average Bonchev–Trinajstić information content (AvgIpc) is 2.17. The van der Waals surface area contributed by atoms with Crippen molar-refractivity contribution in [1.82, 2.24) is 14.9 Å². The van der Waals surface area contributed by atoms with Crippen LogP contribution in [-0.4, -0.2) is 28.0 Å². The second kappa shape index (κ2) is 4.05. The Morgan fingerprint density at radius 1 is 1.50 bits per heavy atom. The van der Waals surface area contributed by atoms with Gasteiger partial charge in [0.15, 0.2) is 0 Å². The smallest absolute Gasteiger partial charge is 0.115 e. The minimum absolute atomic E-state index is 0.737. The predicted molar refractivity (Wildman–Crippen MR) is 55.9 cm³/mol. The first kappa shape index (κ1) is 9.59. The topological polar surface area (TPSA) is 29.0 Å². The number of hydrogen-bond donors (Lipinski definition) is 0. The van der Waals surface area contributed by atoms with Gasteiger partial charge >= 0.3 is 0 Å². The summed E-state index contributed by atoms with van der Waals surface area (Å²) < 4.78 is 0. The molecule has 0 spiro atoms. The third kappa shape index (κ3) is 2.10. The van der Waals surface area contributed by atoms with E-state index < -0.39 is 0 Å². The fourth-order valence-corrected chi connectivity index (χ4v) is 2.00. The van der Waals surface area contributed by atoms with Crippen molar-refractivity contribution < 1.29 is 0 Å². The summed E-state index contributed by atoms with van der Waals surface area (Å²) in [5.41, 5.74) is 2.54. The molecule has 1 aromatic heterocycles. The average molecular weight is 191 g/mol. The zero-order chi connectivity index (χ0) is 9.97. The summed E-state index contributed by atoms with van der Waals surface area (Å²) in [4.78, 5) is 10.9. The predicted octanol–water partition coefficient (Wildman–Crippen LogP) is 1.49. The van der Waals surface area contributed by atoms with E-state index in [0.717, 1.165) is 25.4 Å². The molecule has 0 N–H and O–H groups in total. The Bertz CT molecular complexity index is 309. The van der Waals surface area contributed by atoms with Gasteiger partial charge < -0.3 is 0 Å². The fourth-order valence-electron chi connectivity index (χ4n) is 2.00.